The molecule has 2 aliphatic rings. The molecule has 2 heterocycles. The van der Waals surface area contributed by atoms with Crippen molar-refractivity contribution >= 4 is 21.6 Å². The highest BCUT2D eigenvalue weighted by Crippen LogP contribution is 2.44. The lowest BCUT2D eigenvalue weighted by atomic mass is 9.85. The summed E-state index contributed by atoms with van der Waals surface area (Å²) < 4.78 is 40.7. The Kier molecular flexibility index (Phi) is 3.56. The molecule has 3 rings (SSSR count). The molecule has 21 heavy (non-hydrogen) atoms. The molecule has 0 aromatic heterocycles. The smallest absolute Gasteiger partial charge is 0.245 e. The highest BCUT2D eigenvalue weighted by atomic mass is 35.5. The lowest BCUT2D eigenvalue weighted by molar-refractivity contribution is 0.233. The highest BCUT2D eigenvalue weighted by molar-refractivity contribution is 7.89. The van der Waals surface area contributed by atoms with E-state index in [1.165, 1.54) is 10.4 Å². The molecule has 0 bridgehead atoms. The summed E-state index contributed by atoms with van der Waals surface area (Å²) in [7, 11) is -3.81. The highest BCUT2D eigenvalue weighted by Gasteiger charge is 2.54. The molecule has 2 fully saturated rings. The SMILES string of the molecule is CC1(C)C2CNCC2CN1S(=O)(=O)c1cc(F)ccc1Cl. The van der Waals surface area contributed by atoms with Crippen LogP contribution in [0.3, 0.4) is 0 Å². The van der Waals surface area contributed by atoms with Crippen LogP contribution in [0.2, 0.25) is 5.02 Å². The van der Waals surface area contributed by atoms with E-state index in [1.807, 2.05) is 13.8 Å². The average Bonchev–Trinajstić information content (AvgIpc) is 2.95. The van der Waals surface area contributed by atoms with Gasteiger partial charge >= 0.3 is 0 Å². The molecule has 1 aromatic carbocycles. The molecule has 0 aliphatic carbocycles. The summed E-state index contributed by atoms with van der Waals surface area (Å²) in [6, 6.07) is 3.45. The number of benzene rings is 1. The Hall–Kier alpha value is -0.690. The zero-order valence-corrected chi connectivity index (χ0v) is 13.5. The molecular weight excluding hydrogens is 315 g/mol. The topological polar surface area (TPSA) is 49.4 Å². The van der Waals surface area contributed by atoms with Crippen LogP contribution in [0, 0.1) is 17.7 Å². The molecule has 2 aliphatic heterocycles. The maximum absolute atomic E-state index is 13.4. The minimum Gasteiger partial charge on any atom is -0.316 e. The van der Waals surface area contributed by atoms with Gasteiger partial charge < -0.3 is 5.32 Å². The predicted octanol–water partition coefficient (Wildman–Crippen LogP) is 2.10. The summed E-state index contributed by atoms with van der Waals surface area (Å²) >= 11 is 5.99. The lowest BCUT2D eigenvalue weighted by Gasteiger charge is -2.34. The van der Waals surface area contributed by atoms with Gasteiger partial charge in [-0.2, -0.15) is 4.31 Å². The minimum absolute atomic E-state index is 0.0578. The van der Waals surface area contributed by atoms with E-state index in [1.54, 1.807) is 0 Å². The van der Waals surface area contributed by atoms with E-state index in [2.05, 4.69) is 5.32 Å². The van der Waals surface area contributed by atoms with Crippen LogP contribution in [0.15, 0.2) is 23.1 Å². The summed E-state index contributed by atoms with van der Waals surface area (Å²) in [5, 5.41) is 3.36. The van der Waals surface area contributed by atoms with Gasteiger partial charge in [0.1, 0.15) is 10.7 Å². The van der Waals surface area contributed by atoms with Gasteiger partial charge in [-0.25, -0.2) is 12.8 Å². The number of nitrogens with one attached hydrogen (secondary N) is 1. The third-order valence-corrected chi connectivity index (χ3v) is 7.29. The molecule has 2 unspecified atom stereocenters. The third-order valence-electron chi connectivity index (χ3n) is 4.75. The summed E-state index contributed by atoms with van der Waals surface area (Å²) in [6.07, 6.45) is 0. The normalized spacial score (nSPS) is 28.8. The van der Waals surface area contributed by atoms with Crippen LogP contribution in [0.5, 0.6) is 0 Å². The monoisotopic (exact) mass is 332 g/mol. The van der Waals surface area contributed by atoms with Gasteiger partial charge in [-0.3, -0.25) is 0 Å². The second-order valence-corrected chi connectivity index (χ2v) is 8.53. The fourth-order valence-corrected chi connectivity index (χ4v) is 5.95. The first kappa shape index (κ1) is 15.2. The Morgan fingerprint density at radius 1 is 1.38 bits per heavy atom. The van der Waals surface area contributed by atoms with E-state index in [0.717, 1.165) is 25.2 Å². The molecule has 0 saturated carbocycles. The van der Waals surface area contributed by atoms with Crippen LogP contribution in [0.4, 0.5) is 4.39 Å². The van der Waals surface area contributed by atoms with Gasteiger partial charge in [-0.15, -0.1) is 0 Å². The Balaban J connectivity index is 2.05. The number of nitrogens with zero attached hydrogens (tertiary/aromatic N) is 1. The summed E-state index contributed by atoms with van der Waals surface area (Å²) in [5.74, 6) is -0.0430. The predicted molar refractivity (Wildman–Crippen MR) is 79.2 cm³/mol. The first-order valence-corrected chi connectivity index (χ1v) is 8.75. The van der Waals surface area contributed by atoms with Crippen LogP contribution in [-0.2, 0) is 10.0 Å². The van der Waals surface area contributed by atoms with E-state index < -0.39 is 21.4 Å². The second kappa shape index (κ2) is 4.91. The van der Waals surface area contributed by atoms with Crippen LogP contribution in [-0.4, -0.2) is 37.9 Å². The number of halogens is 2. The molecular formula is C14H18ClFN2O2S. The van der Waals surface area contributed by atoms with Gasteiger partial charge in [-0.05, 0) is 50.4 Å². The van der Waals surface area contributed by atoms with E-state index >= 15 is 0 Å². The van der Waals surface area contributed by atoms with Crippen molar-refractivity contribution in [2.75, 3.05) is 19.6 Å². The molecule has 116 valence electrons. The van der Waals surface area contributed by atoms with Crippen molar-refractivity contribution in [2.45, 2.75) is 24.3 Å². The van der Waals surface area contributed by atoms with Crippen molar-refractivity contribution in [1.29, 1.82) is 0 Å². The van der Waals surface area contributed by atoms with Crippen LogP contribution < -0.4 is 5.32 Å². The molecule has 0 radical (unpaired) electrons. The van der Waals surface area contributed by atoms with Gasteiger partial charge in [0, 0.05) is 18.6 Å². The van der Waals surface area contributed by atoms with Crippen LogP contribution in [0.25, 0.3) is 0 Å². The first-order valence-electron chi connectivity index (χ1n) is 6.93. The zero-order valence-electron chi connectivity index (χ0n) is 11.9. The molecule has 0 amide bonds. The summed E-state index contributed by atoms with van der Waals surface area (Å²) in [4.78, 5) is -0.148. The van der Waals surface area contributed by atoms with Crippen molar-refractivity contribution in [3.63, 3.8) is 0 Å². The molecule has 4 nitrogen and oxygen atoms in total. The number of sulfonamides is 1. The Morgan fingerprint density at radius 3 is 2.76 bits per heavy atom. The Morgan fingerprint density at radius 2 is 2.10 bits per heavy atom. The summed E-state index contributed by atoms with van der Waals surface area (Å²) in [5.41, 5.74) is -0.511. The molecule has 7 heteroatoms. The second-order valence-electron chi connectivity index (χ2n) is 6.29. The van der Waals surface area contributed by atoms with Gasteiger partial charge in [0.2, 0.25) is 10.0 Å². The maximum Gasteiger partial charge on any atom is 0.245 e. The molecule has 0 spiro atoms. The fourth-order valence-electron chi connectivity index (χ4n) is 3.59. The maximum atomic E-state index is 13.4. The Labute approximate surface area is 129 Å². The van der Waals surface area contributed by atoms with Gasteiger partial charge in [0.25, 0.3) is 0 Å². The van der Waals surface area contributed by atoms with E-state index in [0.29, 0.717) is 12.5 Å². The zero-order chi connectivity index (χ0) is 15.4. The van der Waals surface area contributed by atoms with Crippen LogP contribution >= 0.6 is 11.6 Å². The fraction of sp³-hybridized carbons (Fsp3) is 0.571. The summed E-state index contributed by atoms with van der Waals surface area (Å²) in [6.45, 7) is 5.92. The largest absolute Gasteiger partial charge is 0.316 e. The lowest BCUT2D eigenvalue weighted by Crippen LogP contribution is -2.47. The molecule has 1 N–H and O–H groups in total. The molecule has 1 aromatic rings. The van der Waals surface area contributed by atoms with Gasteiger partial charge in [0.05, 0.1) is 5.02 Å². The molecule has 2 atom stereocenters. The van der Waals surface area contributed by atoms with Crippen molar-refractivity contribution in [2.24, 2.45) is 11.8 Å². The number of fused-ring (bicyclic) bond motifs is 1. The number of rotatable bonds is 2. The van der Waals surface area contributed by atoms with Crippen molar-refractivity contribution in [3.05, 3.63) is 29.0 Å². The van der Waals surface area contributed by atoms with Gasteiger partial charge in [-0.1, -0.05) is 11.6 Å². The van der Waals surface area contributed by atoms with E-state index in [9.17, 15) is 12.8 Å². The van der Waals surface area contributed by atoms with Crippen LogP contribution in [0.1, 0.15) is 13.8 Å². The quantitative estimate of drug-likeness (QED) is 0.902. The van der Waals surface area contributed by atoms with Crippen molar-refractivity contribution < 1.29 is 12.8 Å². The average molecular weight is 333 g/mol. The standard InChI is InChI=1S/C14H18ClFN2O2S/c1-14(2)11-7-17-6-9(11)8-18(14)21(19,20)13-5-10(16)3-4-12(13)15/h3-5,9,11,17H,6-8H2,1-2H3. The van der Waals surface area contributed by atoms with E-state index in [-0.39, 0.29) is 15.8 Å². The van der Waals surface area contributed by atoms with Gasteiger partial charge in [0.15, 0.2) is 0 Å². The third kappa shape index (κ3) is 2.29. The Bertz CT molecular complexity index is 678. The molecule has 2 saturated heterocycles. The van der Waals surface area contributed by atoms with Crippen molar-refractivity contribution in [1.82, 2.24) is 9.62 Å². The first-order chi connectivity index (χ1) is 9.74. The number of hydrogen-bond acceptors (Lipinski definition) is 3. The minimum atomic E-state index is -3.81. The number of hydrogen-bond donors (Lipinski definition) is 1. The van der Waals surface area contributed by atoms with E-state index in [4.69, 9.17) is 11.6 Å². The van der Waals surface area contributed by atoms with Crippen molar-refractivity contribution in [3.8, 4) is 0 Å².